The van der Waals surface area contributed by atoms with E-state index < -0.39 is 0 Å². The quantitative estimate of drug-likeness (QED) is 0.383. The van der Waals surface area contributed by atoms with E-state index in [1.165, 1.54) is 11.3 Å². The molecule has 4 rings (SSSR count). The smallest absolute Gasteiger partial charge is 0.341 e. The fraction of sp³-hybridized carbons (Fsp3) is 0.217. The number of thiocarbonyl (C=S) groups is 1. The molecule has 0 bridgehead atoms. The zero-order valence-corrected chi connectivity index (χ0v) is 18.8. The van der Waals surface area contributed by atoms with Crippen molar-refractivity contribution in [2.75, 3.05) is 18.7 Å². The Balaban J connectivity index is 1.51. The first-order chi connectivity index (χ1) is 15.0. The first-order valence-electron chi connectivity index (χ1n) is 9.88. The van der Waals surface area contributed by atoms with Gasteiger partial charge < -0.3 is 24.8 Å². The van der Waals surface area contributed by atoms with E-state index in [9.17, 15) is 4.79 Å². The summed E-state index contributed by atoms with van der Waals surface area (Å²) in [4.78, 5) is 13.5. The summed E-state index contributed by atoms with van der Waals surface area (Å²) < 4.78 is 16.0. The lowest BCUT2D eigenvalue weighted by Gasteiger charge is -2.17. The van der Waals surface area contributed by atoms with Crippen LogP contribution < -0.4 is 20.1 Å². The van der Waals surface area contributed by atoms with Gasteiger partial charge in [0.1, 0.15) is 5.00 Å². The predicted octanol–water partition coefficient (Wildman–Crippen LogP) is 5.37. The number of nitrogens with one attached hydrogen (secondary N) is 2. The second-order valence-electron chi connectivity index (χ2n) is 6.87. The first-order valence-corrected chi connectivity index (χ1v) is 11.1. The van der Waals surface area contributed by atoms with Crippen LogP contribution in [-0.4, -0.2) is 24.5 Å². The standard InChI is InChI=1S/C23H22N2O4S2/c1-3-27-22(26)17-12-20(15-7-5-4-6-8-15)31-21(17)25-23(30)24-14(2)16-9-10-18-19(11-16)29-13-28-18/h4-12,14H,3,13H2,1-2H3,(H2,24,25,30). The lowest BCUT2D eigenvalue weighted by molar-refractivity contribution is 0.0528. The molecule has 31 heavy (non-hydrogen) atoms. The number of carbonyl (C=O) groups is 1. The van der Waals surface area contributed by atoms with E-state index in [-0.39, 0.29) is 18.8 Å². The van der Waals surface area contributed by atoms with Crippen molar-refractivity contribution in [2.24, 2.45) is 0 Å². The largest absolute Gasteiger partial charge is 0.462 e. The number of fused-ring (bicyclic) bond motifs is 1. The minimum Gasteiger partial charge on any atom is -0.462 e. The fourth-order valence-corrected chi connectivity index (χ4v) is 4.59. The van der Waals surface area contributed by atoms with Gasteiger partial charge in [-0.15, -0.1) is 11.3 Å². The number of benzene rings is 2. The molecule has 0 aliphatic carbocycles. The molecule has 8 heteroatoms. The maximum atomic E-state index is 12.5. The van der Waals surface area contributed by atoms with Crippen LogP contribution in [0.15, 0.2) is 54.6 Å². The number of esters is 1. The molecule has 0 saturated carbocycles. The van der Waals surface area contributed by atoms with Gasteiger partial charge in [-0.05, 0) is 55.4 Å². The van der Waals surface area contributed by atoms with Gasteiger partial charge in [0.2, 0.25) is 6.79 Å². The van der Waals surface area contributed by atoms with Crippen molar-refractivity contribution in [3.05, 3.63) is 65.7 Å². The Morgan fingerprint density at radius 2 is 1.94 bits per heavy atom. The topological polar surface area (TPSA) is 68.8 Å². The van der Waals surface area contributed by atoms with Gasteiger partial charge in [-0.3, -0.25) is 0 Å². The summed E-state index contributed by atoms with van der Waals surface area (Å²) in [6.07, 6.45) is 0. The molecule has 1 aliphatic rings. The zero-order chi connectivity index (χ0) is 21.8. The Kier molecular flexibility index (Phi) is 6.39. The Bertz CT molecular complexity index is 1100. The molecule has 2 aromatic carbocycles. The molecule has 1 atom stereocenters. The molecule has 2 N–H and O–H groups in total. The Hall–Kier alpha value is -3.10. The normalized spacial score (nSPS) is 12.8. The minimum absolute atomic E-state index is 0.0749. The second-order valence-corrected chi connectivity index (χ2v) is 8.33. The second kappa shape index (κ2) is 9.36. The van der Waals surface area contributed by atoms with E-state index in [0.717, 1.165) is 27.5 Å². The molecular formula is C23H22N2O4S2. The Morgan fingerprint density at radius 1 is 1.16 bits per heavy atom. The summed E-state index contributed by atoms with van der Waals surface area (Å²) >= 11 is 6.98. The average molecular weight is 455 g/mol. The number of hydrogen-bond acceptors (Lipinski definition) is 6. The number of thiophene rings is 1. The number of hydrogen-bond donors (Lipinski definition) is 2. The average Bonchev–Trinajstić information content (AvgIpc) is 3.41. The van der Waals surface area contributed by atoms with Crippen LogP contribution in [0, 0.1) is 0 Å². The molecule has 0 saturated heterocycles. The van der Waals surface area contributed by atoms with E-state index in [0.29, 0.717) is 22.3 Å². The van der Waals surface area contributed by atoms with Gasteiger partial charge in [0.05, 0.1) is 18.2 Å². The summed E-state index contributed by atoms with van der Waals surface area (Å²) in [5.41, 5.74) is 2.50. The van der Waals surface area contributed by atoms with Crippen molar-refractivity contribution in [1.82, 2.24) is 5.32 Å². The van der Waals surface area contributed by atoms with Crippen LogP contribution in [0.25, 0.3) is 10.4 Å². The molecular weight excluding hydrogens is 432 g/mol. The highest BCUT2D eigenvalue weighted by Crippen LogP contribution is 2.36. The van der Waals surface area contributed by atoms with Crippen LogP contribution in [0.5, 0.6) is 11.5 Å². The lowest BCUT2D eigenvalue weighted by Crippen LogP contribution is -2.31. The van der Waals surface area contributed by atoms with E-state index in [4.69, 9.17) is 26.4 Å². The number of anilines is 1. The van der Waals surface area contributed by atoms with Gasteiger partial charge in [0, 0.05) is 4.88 Å². The maximum Gasteiger partial charge on any atom is 0.341 e. The van der Waals surface area contributed by atoms with Gasteiger partial charge >= 0.3 is 5.97 Å². The molecule has 3 aromatic rings. The van der Waals surface area contributed by atoms with E-state index >= 15 is 0 Å². The van der Waals surface area contributed by atoms with Crippen molar-refractivity contribution in [2.45, 2.75) is 19.9 Å². The van der Waals surface area contributed by atoms with Gasteiger partial charge in [-0.1, -0.05) is 36.4 Å². The van der Waals surface area contributed by atoms with Gasteiger partial charge in [0.15, 0.2) is 16.6 Å². The molecule has 6 nitrogen and oxygen atoms in total. The zero-order valence-electron chi connectivity index (χ0n) is 17.1. The molecule has 0 fully saturated rings. The first kappa shape index (κ1) is 21.1. The molecule has 0 radical (unpaired) electrons. The SMILES string of the molecule is CCOC(=O)c1cc(-c2ccccc2)sc1NC(=S)NC(C)c1ccc2c(c1)OCO2. The number of ether oxygens (including phenoxy) is 3. The molecule has 1 unspecified atom stereocenters. The van der Waals surface area contributed by atoms with Gasteiger partial charge in [-0.2, -0.15) is 0 Å². The summed E-state index contributed by atoms with van der Waals surface area (Å²) in [6.45, 7) is 4.33. The van der Waals surface area contributed by atoms with Crippen molar-refractivity contribution in [3.63, 3.8) is 0 Å². The maximum absolute atomic E-state index is 12.5. The summed E-state index contributed by atoms with van der Waals surface area (Å²) in [6, 6.07) is 17.4. The molecule has 160 valence electrons. The molecule has 0 spiro atoms. The lowest BCUT2D eigenvalue weighted by atomic mass is 10.1. The van der Waals surface area contributed by atoms with E-state index in [1.807, 2.05) is 61.5 Å². The van der Waals surface area contributed by atoms with Gasteiger partial charge in [0.25, 0.3) is 0 Å². The summed E-state index contributed by atoms with van der Waals surface area (Å²) in [5, 5.41) is 7.50. The third-order valence-electron chi connectivity index (χ3n) is 4.76. The third-order valence-corrected chi connectivity index (χ3v) is 6.08. The van der Waals surface area contributed by atoms with Crippen LogP contribution in [0.4, 0.5) is 5.00 Å². The highest BCUT2D eigenvalue weighted by atomic mass is 32.1. The number of rotatable bonds is 6. The fourth-order valence-electron chi connectivity index (χ4n) is 3.19. The molecule has 0 amide bonds. The van der Waals surface area contributed by atoms with Crippen LogP contribution in [0.1, 0.15) is 35.8 Å². The molecule has 1 aromatic heterocycles. The van der Waals surface area contributed by atoms with Gasteiger partial charge in [-0.25, -0.2) is 4.79 Å². The van der Waals surface area contributed by atoms with Crippen LogP contribution in [0.3, 0.4) is 0 Å². The monoisotopic (exact) mass is 454 g/mol. The molecule has 2 heterocycles. The van der Waals surface area contributed by atoms with E-state index in [2.05, 4.69) is 10.6 Å². The minimum atomic E-state index is -0.380. The van der Waals surface area contributed by atoms with Crippen molar-refractivity contribution in [3.8, 4) is 21.9 Å². The number of carbonyl (C=O) groups excluding carboxylic acids is 1. The Morgan fingerprint density at radius 3 is 2.71 bits per heavy atom. The van der Waals surface area contributed by atoms with Crippen LogP contribution in [0.2, 0.25) is 0 Å². The highest BCUT2D eigenvalue weighted by Gasteiger charge is 2.20. The molecule has 1 aliphatic heterocycles. The van der Waals surface area contributed by atoms with Crippen molar-refractivity contribution >= 4 is 39.6 Å². The summed E-state index contributed by atoms with van der Waals surface area (Å²) in [5.74, 6) is 1.08. The van der Waals surface area contributed by atoms with Crippen LogP contribution >= 0.6 is 23.6 Å². The van der Waals surface area contributed by atoms with Crippen LogP contribution in [-0.2, 0) is 4.74 Å². The Labute approximate surface area is 190 Å². The van der Waals surface area contributed by atoms with E-state index in [1.54, 1.807) is 6.92 Å². The highest BCUT2D eigenvalue weighted by molar-refractivity contribution is 7.80. The third kappa shape index (κ3) is 4.81. The predicted molar refractivity (Wildman–Crippen MR) is 126 cm³/mol. The van der Waals surface area contributed by atoms with Crippen molar-refractivity contribution in [1.29, 1.82) is 0 Å². The summed E-state index contributed by atoms with van der Waals surface area (Å²) in [7, 11) is 0. The van der Waals surface area contributed by atoms with Crippen molar-refractivity contribution < 1.29 is 19.0 Å².